The van der Waals surface area contributed by atoms with Crippen molar-refractivity contribution < 1.29 is 13.2 Å². The number of aromatic nitrogens is 3. The molecule has 0 amide bonds. The molecular weight excluding hydrogens is 368 g/mol. The fourth-order valence-corrected chi connectivity index (χ4v) is 4.02. The van der Waals surface area contributed by atoms with Gasteiger partial charge >= 0.3 is 0 Å². The van der Waals surface area contributed by atoms with Gasteiger partial charge in [-0.15, -0.1) is 0 Å². The molecule has 0 radical (unpaired) electrons. The molecule has 0 bridgehead atoms. The van der Waals surface area contributed by atoms with Crippen LogP contribution in [0.5, 0.6) is 0 Å². The Bertz CT molecular complexity index is 923. The van der Waals surface area contributed by atoms with Gasteiger partial charge in [0.25, 0.3) is 10.2 Å². The molecule has 27 heavy (non-hydrogen) atoms. The van der Waals surface area contributed by atoms with E-state index in [4.69, 9.17) is 10.5 Å². The molecule has 10 heteroatoms. The number of nitrogen functional groups attached to an aromatic ring is 1. The predicted octanol–water partition coefficient (Wildman–Crippen LogP) is 0.825. The summed E-state index contributed by atoms with van der Waals surface area (Å²) in [6, 6.07) is 0. The van der Waals surface area contributed by atoms with E-state index in [9.17, 15) is 8.42 Å². The third-order valence-electron chi connectivity index (χ3n) is 4.81. The molecule has 1 aliphatic rings. The van der Waals surface area contributed by atoms with E-state index in [-0.39, 0.29) is 6.54 Å². The van der Waals surface area contributed by atoms with Crippen LogP contribution in [-0.2, 0) is 40.9 Å². The molecule has 150 valence electrons. The molecule has 2 aromatic rings. The van der Waals surface area contributed by atoms with Crippen molar-refractivity contribution in [1.29, 1.82) is 0 Å². The highest BCUT2D eigenvalue weighted by molar-refractivity contribution is 7.87. The Kier molecular flexibility index (Phi) is 5.99. The monoisotopic (exact) mass is 396 g/mol. The summed E-state index contributed by atoms with van der Waals surface area (Å²) in [5.41, 5.74) is 10.0. The number of pyridine rings is 1. The van der Waals surface area contributed by atoms with Gasteiger partial charge in [-0.1, -0.05) is 0 Å². The molecule has 3 N–H and O–H groups in total. The van der Waals surface area contributed by atoms with Crippen LogP contribution in [0.3, 0.4) is 0 Å². The first-order valence-corrected chi connectivity index (χ1v) is 10.7. The van der Waals surface area contributed by atoms with Crippen molar-refractivity contribution in [2.24, 2.45) is 0 Å². The minimum Gasteiger partial charge on any atom is -0.382 e. The van der Waals surface area contributed by atoms with Gasteiger partial charge in [0.1, 0.15) is 17.9 Å². The van der Waals surface area contributed by atoms with Crippen molar-refractivity contribution in [3.63, 3.8) is 0 Å². The molecule has 0 spiro atoms. The molecule has 0 aromatic carbocycles. The highest BCUT2D eigenvalue weighted by Crippen LogP contribution is 2.31. The Labute approximate surface area is 160 Å². The summed E-state index contributed by atoms with van der Waals surface area (Å²) in [5.74, 6) is 1.17. The maximum atomic E-state index is 12.0. The number of nitrogens with zero attached hydrogens (tertiary/aromatic N) is 4. The summed E-state index contributed by atoms with van der Waals surface area (Å²) < 4.78 is 35.4. The fourth-order valence-electron chi connectivity index (χ4n) is 3.41. The Morgan fingerprint density at radius 2 is 2.00 bits per heavy atom. The summed E-state index contributed by atoms with van der Waals surface area (Å²) in [6.45, 7) is 3.54. The van der Waals surface area contributed by atoms with Crippen LogP contribution in [0.1, 0.15) is 36.8 Å². The minimum atomic E-state index is -3.48. The van der Waals surface area contributed by atoms with Crippen LogP contribution in [-0.4, -0.2) is 54.5 Å². The van der Waals surface area contributed by atoms with Crippen molar-refractivity contribution in [3.8, 4) is 0 Å². The molecule has 3 rings (SSSR count). The molecule has 1 aliphatic carbocycles. The van der Waals surface area contributed by atoms with Gasteiger partial charge in [-0.3, -0.25) is 0 Å². The standard InChI is InChI=1S/C17H28N6O3S/c1-4-26-11-14-21-15-16(12-7-5-6-8-13(12)20-17(15)18)23(14)10-9-19-27(24,25)22(2)3/h19H,4-11H2,1-3H3,(H2,18,20). The Morgan fingerprint density at radius 1 is 1.26 bits per heavy atom. The van der Waals surface area contributed by atoms with Crippen LogP contribution in [0.2, 0.25) is 0 Å². The van der Waals surface area contributed by atoms with E-state index in [0.717, 1.165) is 47.0 Å². The second-order valence-electron chi connectivity index (χ2n) is 6.83. The van der Waals surface area contributed by atoms with Crippen LogP contribution in [0.25, 0.3) is 11.0 Å². The van der Waals surface area contributed by atoms with E-state index in [1.165, 1.54) is 19.7 Å². The minimum absolute atomic E-state index is 0.252. The number of anilines is 1. The van der Waals surface area contributed by atoms with Crippen molar-refractivity contribution in [3.05, 3.63) is 17.1 Å². The second-order valence-corrected chi connectivity index (χ2v) is 8.79. The van der Waals surface area contributed by atoms with Gasteiger partial charge in [-0.2, -0.15) is 12.7 Å². The smallest absolute Gasteiger partial charge is 0.278 e. The zero-order valence-corrected chi connectivity index (χ0v) is 17.0. The lowest BCUT2D eigenvalue weighted by molar-refractivity contribution is 0.126. The first kappa shape index (κ1) is 20.0. The summed E-state index contributed by atoms with van der Waals surface area (Å²) >= 11 is 0. The van der Waals surface area contributed by atoms with Crippen LogP contribution in [0.15, 0.2) is 0 Å². The maximum Gasteiger partial charge on any atom is 0.278 e. The normalized spacial score (nSPS) is 14.8. The Morgan fingerprint density at radius 3 is 2.70 bits per heavy atom. The first-order valence-electron chi connectivity index (χ1n) is 9.26. The average Bonchev–Trinajstić information content (AvgIpc) is 2.99. The second kappa shape index (κ2) is 8.09. The molecule has 2 heterocycles. The lowest BCUT2D eigenvalue weighted by atomic mass is 9.95. The number of fused-ring (bicyclic) bond motifs is 3. The zero-order valence-electron chi connectivity index (χ0n) is 16.2. The molecule has 0 aliphatic heterocycles. The van der Waals surface area contributed by atoms with Crippen molar-refractivity contribution in [2.45, 2.75) is 45.8 Å². The largest absolute Gasteiger partial charge is 0.382 e. The Balaban J connectivity index is 2.00. The van der Waals surface area contributed by atoms with Gasteiger partial charge in [-0.25, -0.2) is 14.7 Å². The molecule has 0 saturated heterocycles. The number of ether oxygens (including phenoxy) is 1. The lowest BCUT2D eigenvalue weighted by Gasteiger charge is -2.19. The van der Waals surface area contributed by atoms with E-state index in [1.807, 2.05) is 11.5 Å². The van der Waals surface area contributed by atoms with Crippen LogP contribution < -0.4 is 10.5 Å². The van der Waals surface area contributed by atoms with Gasteiger partial charge in [-0.05, 0) is 38.2 Å². The highest BCUT2D eigenvalue weighted by atomic mass is 32.2. The van der Waals surface area contributed by atoms with E-state index in [1.54, 1.807) is 0 Å². The van der Waals surface area contributed by atoms with Crippen molar-refractivity contribution >= 4 is 27.1 Å². The molecule has 0 fully saturated rings. The van der Waals surface area contributed by atoms with Crippen LogP contribution in [0, 0.1) is 0 Å². The number of hydrogen-bond acceptors (Lipinski definition) is 6. The first-order chi connectivity index (χ1) is 12.8. The number of rotatable bonds is 8. The zero-order chi connectivity index (χ0) is 19.6. The topological polar surface area (TPSA) is 115 Å². The fraction of sp³-hybridized carbons (Fsp3) is 0.647. The SMILES string of the molecule is CCOCc1nc2c(N)nc3c(c2n1CCNS(=O)(=O)N(C)C)CCCC3. The van der Waals surface area contributed by atoms with Gasteiger partial charge in [0.2, 0.25) is 0 Å². The lowest BCUT2D eigenvalue weighted by Crippen LogP contribution is -2.37. The predicted molar refractivity (Wildman–Crippen MR) is 105 cm³/mol. The summed E-state index contributed by atoms with van der Waals surface area (Å²) in [7, 11) is -0.482. The number of aryl methyl sites for hydroxylation is 2. The summed E-state index contributed by atoms with van der Waals surface area (Å²) in [5, 5.41) is 0. The van der Waals surface area contributed by atoms with E-state index >= 15 is 0 Å². The third-order valence-corrected chi connectivity index (χ3v) is 6.34. The summed E-state index contributed by atoms with van der Waals surface area (Å²) in [4.78, 5) is 9.23. The van der Waals surface area contributed by atoms with Gasteiger partial charge in [0.05, 0.1) is 5.52 Å². The van der Waals surface area contributed by atoms with Crippen molar-refractivity contribution in [1.82, 2.24) is 23.6 Å². The molecular formula is C17H28N6O3S. The molecule has 0 atom stereocenters. The van der Waals surface area contributed by atoms with E-state index in [0.29, 0.717) is 31.1 Å². The van der Waals surface area contributed by atoms with Crippen LogP contribution in [0.4, 0.5) is 5.82 Å². The highest BCUT2D eigenvalue weighted by Gasteiger charge is 2.23. The summed E-state index contributed by atoms with van der Waals surface area (Å²) in [6.07, 6.45) is 4.05. The van der Waals surface area contributed by atoms with E-state index in [2.05, 4.69) is 14.7 Å². The maximum absolute atomic E-state index is 12.0. The quantitative estimate of drug-likeness (QED) is 0.683. The number of nitrogens with two attached hydrogens (primary N) is 1. The number of hydrogen-bond donors (Lipinski definition) is 2. The average molecular weight is 397 g/mol. The third kappa shape index (κ3) is 4.08. The van der Waals surface area contributed by atoms with E-state index < -0.39 is 10.2 Å². The van der Waals surface area contributed by atoms with Gasteiger partial charge < -0.3 is 15.0 Å². The molecule has 9 nitrogen and oxygen atoms in total. The Hall–Kier alpha value is -1.75. The van der Waals surface area contributed by atoms with Gasteiger partial charge in [0.15, 0.2) is 5.82 Å². The molecule has 2 aromatic heterocycles. The number of imidazole rings is 1. The van der Waals surface area contributed by atoms with Crippen LogP contribution >= 0.6 is 0 Å². The number of nitrogens with one attached hydrogen (secondary N) is 1. The molecule has 0 saturated carbocycles. The van der Waals surface area contributed by atoms with Crippen molar-refractivity contribution in [2.75, 3.05) is 33.0 Å². The van der Waals surface area contributed by atoms with Gasteiger partial charge in [0, 0.05) is 39.5 Å². The molecule has 0 unspecified atom stereocenters.